The van der Waals surface area contributed by atoms with E-state index in [9.17, 15) is 0 Å². The Morgan fingerprint density at radius 2 is 1.94 bits per heavy atom. The fraction of sp³-hybridized carbons (Fsp3) is 0.750. The largest absolute Gasteiger partial charge is 0.0808 e. The molecule has 0 nitrogen and oxygen atoms in total. The van der Waals surface area contributed by atoms with Gasteiger partial charge in [0.1, 0.15) is 0 Å². The van der Waals surface area contributed by atoms with E-state index in [1.807, 2.05) is 0 Å². The molecule has 2 aliphatic carbocycles. The summed E-state index contributed by atoms with van der Waals surface area (Å²) in [7, 11) is -0.824. The van der Waals surface area contributed by atoms with Crippen LogP contribution in [0.25, 0.3) is 0 Å². The van der Waals surface area contributed by atoms with E-state index in [2.05, 4.69) is 31.2 Å². The lowest BCUT2D eigenvalue weighted by atomic mass is 9.92. The normalized spacial score (nSPS) is 37.8. The molecule has 0 bridgehead atoms. The first-order valence-electron chi connectivity index (χ1n) is 7.71. The van der Waals surface area contributed by atoms with E-state index in [-0.39, 0.29) is 0 Å². The standard InChI is InChI=1S/C16H26Si/c1-2-3-11-17(12-6-13-17)16-10-9-14-7-4-5-8-15(14)16/h4-5,7-8,14-16H,2-3,6,9-13H2,1H3. The molecular weight excluding hydrogens is 220 g/mol. The molecule has 1 heteroatoms. The van der Waals surface area contributed by atoms with Crippen molar-refractivity contribution >= 4 is 8.07 Å². The predicted octanol–water partition coefficient (Wildman–Crippen LogP) is 5.16. The number of fused-ring (bicyclic) bond motifs is 1. The quantitative estimate of drug-likeness (QED) is 0.601. The van der Waals surface area contributed by atoms with E-state index in [4.69, 9.17) is 0 Å². The lowest BCUT2D eigenvalue weighted by Crippen LogP contribution is -2.47. The molecule has 1 aliphatic heterocycles. The van der Waals surface area contributed by atoms with Crippen LogP contribution in [-0.2, 0) is 0 Å². The topological polar surface area (TPSA) is 0 Å². The van der Waals surface area contributed by atoms with Crippen LogP contribution in [0.2, 0.25) is 23.7 Å². The highest BCUT2D eigenvalue weighted by Crippen LogP contribution is 2.57. The number of hydrogen-bond donors (Lipinski definition) is 0. The van der Waals surface area contributed by atoms with E-state index >= 15 is 0 Å². The third-order valence-corrected chi connectivity index (χ3v) is 12.0. The Balaban J connectivity index is 1.74. The lowest BCUT2D eigenvalue weighted by molar-refractivity contribution is 0.533. The van der Waals surface area contributed by atoms with Gasteiger partial charge in [-0.1, -0.05) is 75.0 Å². The molecule has 2 fully saturated rings. The zero-order valence-corrected chi connectivity index (χ0v) is 12.2. The molecule has 0 N–H and O–H groups in total. The highest BCUT2D eigenvalue weighted by molar-refractivity contribution is 6.83. The molecule has 0 aromatic rings. The Kier molecular flexibility index (Phi) is 3.29. The van der Waals surface area contributed by atoms with Crippen LogP contribution in [-0.4, -0.2) is 8.07 Å². The Morgan fingerprint density at radius 3 is 2.65 bits per heavy atom. The first-order valence-corrected chi connectivity index (χ1v) is 10.4. The number of unbranched alkanes of at least 4 members (excludes halogenated alkanes) is 1. The Morgan fingerprint density at radius 1 is 1.12 bits per heavy atom. The molecule has 3 atom stereocenters. The molecule has 94 valence electrons. The van der Waals surface area contributed by atoms with Gasteiger partial charge in [0.2, 0.25) is 0 Å². The minimum Gasteiger partial charge on any atom is -0.0808 e. The fourth-order valence-electron chi connectivity index (χ4n) is 4.64. The monoisotopic (exact) mass is 246 g/mol. The van der Waals surface area contributed by atoms with Gasteiger partial charge in [-0.15, -0.1) is 0 Å². The van der Waals surface area contributed by atoms with E-state index in [1.165, 1.54) is 19.3 Å². The molecule has 3 rings (SSSR count). The van der Waals surface area contributed by atoms with Gasteiger partial charge in [-0.25, -0.2) is 0 Å². The van der Waals surface area contributed by atoms with Gasteiger partial charge in [-0.3, -0.25) is 0 Å². The van der Waals surface area contributed by atoms with Crippen LogP contribution >= 0.6 is 0 Å². The minimum absolute atomic E-state index is 0.824. The molecule has 3 aliphatic rings. The molecule has 0 spiro atoms. The fourth-order valence-corrected chi connectivity index (χ4v) is 10.5. The third kappa shape index (κ3) is 1.97. The van der Waals surface area contributed by atoms with Crippen molar-refractivity contribution in [2.24, 2.45) is 11.8 Å². The van der Waals surface area contributed by atoms with Crippen molar-refractivity contribution in [3.05, 3.63) is 24.3 Å². The molecule has 0 radical (unpaired) electrons. The van der Waals surface area contributed by atoms with Crippen molar-refractivity contribution in [2.75, 3.05) is 0 Å². The average Bonchev–Trinajstić information content (AvgIpc) is 2.73. The van der Waals surface area contributed by atoms with Crippen LogP contribution in [0.15, 0.2) is 24.3 Å². The van der Waals surface area contributed by atoms with Crippen LogP contribution in [0.4, 0.5) is 0 Å². The van der Waals surface area contributed by atoms with Crippen molar-refractivity contribution in [1.82, 2.24) is 0 Å². The van der Waals surface area contributed by atoms with Crippen molar-refractivity contribution in [3.63, 3.8) is 0 Å². The van der Waals surface area contributed by atoms with E-state index in [0.29, 0.717) is 0 Å². The van der Waals surface area contributed by atoms with Gasteiger partial charge >= 0.3 is 0 Å². The molecule has 17 heavy (non-hydrogen) atoms. The Hall–Kier alpha value is -0.303. The molecule has 1 saturated heterocycles. The lowest BCUT2D eigenvalue weighted by Gasteiger charge is -2.47. The Labute approximate surface area is 107 Å². The summed E-state index contributed by atoms with van der Waals surface area (Å²) in [5.41, 5.74) is 1.15. The zero-order valence-electron chi connectivity index (χ0n) is 11.2. The van der Waals surface area contributed by atoms with Crippen molar-refractivity contribution in [1.29, 1.82) is 0 Å². The summed E-state index contributed by atoms with van der Waals surface area (Å²) in [5.74, 6) is 1.86. The number of rotatable bonds is 4. The van der Waals surface area contributed by atoms with Crippen LogP contribution in [0, 0.1) is 11.8 Å². The SMILES string of the molecule is CCCC[Si]1(C2CCC3C=CC=CC32)CCC1. The van der Waals surface area contributed by atoms with Crippen LogP contribution in [0.1, 0.15) is 39.0 Å². The second-order valence-corrected chi connectivity index (χ2v) is 11.5. The second kappa shape index (κ2) is 4.76. The zero-order chi connectivity index (χ0) is 11.7. The highest BCUT2D eigenvalue weighted by Gasteiger charge is 2.51. The average molecular weight is 246 g/mol. The maximum atomic E-state index is 2.56. The number of hydrogen-bond acceptors (Lipinski definition) is 0. The van der Waals surface area contributed by atoms with Crippen molar-refractivity contribution < 1.29 is 0 Å². The number of allylic oxidation sites excluding steroid dienone is 4. The molecule has 1 saturated carbocycles. The van der Waals surface area contributed by atoms with E-state index < -0.39 is 8.07 Å². The molecular formula is C16H26Si. The van der Waals surface area contributed by atoms with Crippen molar-refractivity contribution in [3.8, 4) is 0 Å². The van der Waals surface area contributed by atoms with Gasteiger partial charge in [0.05, 0.1) is 8.07 Å². The smallest absolute Gasteiger partial charge is 0.0572 e. The summed E-state index contributed by atoms with van der Waals surface area (Å²) in [5, 5.41) is 0. The summed E-state index contributed by atoms with van der Waals surface area (Å²) in [4.78, 5) is 0. The van der Waals surface area contributed by atoms with Crippen LogP contribution < -0.4 is 0 Å². The first-order chi connectivity index (χ1) is 8.36. The third-order valence-electron chi connectivity index (χ3n) is 5.74. The van der Waals surface area contributed by atoms with E-state index in [0.717, 1.165) is 17.4 Å². The summed E-state index contributed by atoms with van der Waals surface area (Å²) in [6, 6.07) is 4.98. The molecule has 0 amide bonds. The van der Waals surface area contributed by atoms with Gasteiger partial charge < -0.3 is 0 Å². The van der Waals surface area contributed by atoms with E-state index in [1.54, 1.807) is 31.0 Å². The summed E-state index contributed by atoms with van der Waals surface area (Å²) in [6.45, 7) is 2.36. The van der Waals surface area contributed by atoms with Gasteiger partial charge in [-0.05, 0) is 23.8 Å². The van der Waals surface area contributed by atoms with Crippen LogP contribution in [0.5, 0.6) is 0 Å². The first kappa shape index (κ1) is 11.8. The highest BCUT2D eigenvalue weighted by atomic mass is 28.3. The van der Waals surface area contributed by atoms with Gasteiger partial charge in [0.25, 0.3) is 0 Å². The van der Waals surface area contributed by atoms with Gasteiger partial charge in [0, 0.05) is 0 Å². The predicted molar refractivity (Wildman–Crippen MR) is 77.9 cm³/mol. The summed E-state index contributed by atoms with van der Waals surface area (Å²) < 4.78 is 0. The molecule has 3 unspecified atom stereocenters. The van der Waals surface area contributed by atoms with Crippen molar-refractivity contribution in [2.45, 2.75) is 62.7 Å². The second-order valence-electron chi connectivity index (χ2n) is 6.51. The maximum absolute atomic E-state index is 2.56. The minimum atomic E-state index is -0.824. The Bertz CT molecular complexity index is 324. The summed E-state index contributed by atoms with van der Waals surface area (Å²) in [6.07, 6.45) is 17.2. The molecule has 0 aromatic carbocycles. The molecule has 0 aromatic heterocycles. The summed E-state index contributed by atoms with van der Waals surface area (Å²) >= 11 is 0. The van der Waals surface area contributed by atoms with Crippen LogP contribution in [0.3, 0.4) is 0 Å². The molecule has 1 heterocycles. The maximum Gasteiger partial charge on any atom is 0.0572 e. The van der Waals surface area contributed by atoms with Gasteiger partial charge in [0.15, 0.2) is 0 Å². The van der Waals surface area contributed by atoms with Gasteiger partial charge in [-0.2, -0.15) is 0 Å².